The van der Waals surface area contributed by atoms with Crippen molar-refractivity contribution in [3.63, 3.8) is 0 Å². The second kappa shape index (κ2) is 9.68. The summed E-state index contributed by atoms with van der Waals surface area (Å²) in [6.07, 6.45) is 0.828. The van der Waals surface area contributed by atoms with E-state index < -0.39 is 11.8 Å². The number of carbonyl (C=O) groups is 2. The van der Waals surface area contributed by atoms with E-state index in [4.69, 9.17) is 21.1 Å². The van der Waals surface area contributed by atoms with Gasteiger partial charge in [-0.3, -0.25) is 20.4 Å². The SMILES string of the molecule is CCCOc1ccccc1C(=O)NNC(=O)COc1ccc(Cl)cc1C. The fourth-order valence-corrected chi connectivity index (χ4v) is 2.37. The maximum Gasteiger partial charge on any atom is 0.276 e. The average molecular weight is 377 g/mol. The third-order valence-electron chi connectivity index (χ3n) is 3.40. The van der Waals surface area contributed by atoms with E-state index in [1.54, 1.807) is 42.5 Å². The summed E-state index contributed by atoms with van der Waals surface area (Å²) in [6.45, 7) is 4.07. The Morgan fingerprint density at radius 2 is 1.81 bits per heavy atom. The lowest BCUT2D eigenvalue weighted by atomic mass is 10.2. The van der Waals surface area contributed by atoms with Gasteiger partial charge in [0.15, 0.2) is 6.61 Å². The molecule has 2 amide bonds. The fourth-order valence-electron chi connectivity index (χ4n) is 2.14. The van der Waals surface area contributed by atoms with Crippen molar-refractivity contribution in [2.45, 2.75) is 20.3 Å². The summed E-state index contributed by atoms with van der Waals surface area (Å²) in [5, 5.41) is 0.593. The van der Waals surface area contributed by atoms with Crippen molar-refractivity contribution in [1.82, 2.24) is 10.9 Å². The van der Waals surface area contributed by atoms with Crippen LogP contribution in [0.4, 0.5) is 0 Å². The van der Waals surface area contributed by atoms with Gasteiger partial charge in [-0.05, 0) is 49.2 Å². The van der Waals surface area contributed by atoms with Gasteiger partial charge in [-0.2, -0.15) is 0 Å². The van der Waals surface area contributed by atoms with Crippen molar-refractivity contribution >= 4 is 23.4 Å². The van der Waals surface area contributed by atoms with Gasteiger partial charge in [0, 0.05) is 5.02 Å². The summed E-state index contributed by atoms with van der Waals surface area (Å²) in [4.78, 5) is 24.1. The van der Waals surface area contributed by atoms with Gasteiger partial charge in [0.05, 0.1) is 12.2 Å². The number of hydrazine groups is 1. The van der Waals surface area contributed by atoms with Gasteiger partial charge in [-0.1, -0.05) is 30.7 Å². The van der Waals surface area contributed by atoms with E-state index in [-0.39, 0.29) is 6.61 Å². The minimum Gasteiger partial charge on any atom is -0.493 e. The Kier molecular flexibility index (Phi) is 7.29. The van der Waals surface area contributed by atoms with E-state index in [1.165, 1.54) is 0 Å². The lowest BCUT2D eigenvalue weighted by Crippen LogP contribution is -2.44. The molecule has 26 heavy (non-hydrogen) atoms. The van der Waals surface area contributed by atoms with Crippen LogP contribution in [-0.4, -0.2) is 25.0 Å². The maximum atomic E-state index is 12.2. The summed E-state index contributed by atoms with van der Waals surface area (Å²) in [7, 11) is 0. The second-order valence-electron chi connectivity index (χ2n) is 5.55. The summed E-state index contributed by atoms with van der Waals surface area (Å²) in [5.41, 5.74) is 5.84. The van der Waals surface area contributed by atoms with Crippen LogP contribution in [0, 0.1) is 6.92 Å². The molecule has 0 spiro atoms. The Hall–Kier alpha value is -2.73. The molecule has 2 N–H and O–H groups in total. The Labute approximate surface area is 157 Å². The van der Waals surface area contributed by atoms with Gasteiger partial charge >= 0.3 is 0 Å². The molecule has 2 aromatic rings. The second-order valence-corrected chi connectivity index (χ2v) is 5.98. The maximum absolute atomic E-state index is 12.2. The molecule has 7 heteroatoms. The minimum absolute atomic E-state index is 0.239. The van der Waals surface area contributed by atoms with E-state index in [0.29, 0.717) is 28.7 Å². The number of benzene rings is 2. The molecule has 0 aliphatic carbocycles. The van der Waals surface area contributed by atoms with E-state index in [2.05, 4.69) is 10.9 Å². The average Bonchev–Trinajstić information content (AvgIpc) is 2.64. The van der Waals surface area contributed by atoms with Crippen LogP contribution < -0.4 is 20.3 Å². The summed E-state index contributed by atoms with van der Waals surface area (Å²) >= 11 is 5.87. The molecule has 2 rings (SSSR count). The van der Waals surface area contributed by atoms with Gasteiger partial charge in [0.2, 0.25) is 0 Å². The van der Waals surface area contributed by atoms with Crippen molar-refractivity contribution in [3.05, 3.63) is 58.6 Å². The lowest BCUT2D eigenvalue weighted by Gasteiger charge is -2.12. The number of ether oxygens (including phenoxy) is 2. The number of nitrogens with one attached hydrogen (secondary N) is 2. The Morgan fingerprint density at radius 3 is 2.54 bits per heavy atom. The summed E-state index contributed by atoms with van der Waals surface area (Å²) < 4.78 is 11.0. The molecule has 0 saturated carbocycles. The molecular weight excluding hydrogens is 356 g/mol. The van der Waals surface area contributed by atoms with Crippen molar-refractivity contribution in [2.75, 3.05) is 13.2 Å². The highest BCUT2D eigenvalue weighted by Gasteiger charge is 2.13. The molecule has 0 aliphatic heterocycles. The lowest BCUT2D eigenvalue weighted by molar-refractivity contribution is -0.123. The number of hydrogen-bond acceptors (Lipinski definition) is 4. The Morgan fingerprint density at radius 1 is 1.04 bits per heavy atom. The van der Waals surface area contributed by atoms with Gasteiger partial charge in [0.1, 0.15) is 11.5 Å². The standard InChI is InChI=1S/C19H21ClN2O4/c1-3-10-25-17-7-5-4-6-15(17)19(24)22-21-18(23)12-26-16-9-8-14(20)11-13(16)2/h4-9,11H,3,10,12H2,1-2H3,(H,21,23)(H,22,24). The monoisotopic (exact) mass is 376 g/mol. The van der Waals surface area contributed by atoms with Crippen molar-refractivity contribution < 1.29 is 19.1 Å². The van der Waals surface area contributed by atoms with Crippen molar-refractivity contribution in [1.29, 1.82) is 0 Å². The van der Waals surface area contributed by atoms with E-state index >= 15 is 0 Å². The fraction of sp³-hybridized carbons (Fsp3) is 0.263. The first kappa shape index (κ1) is 19.6. The highest BCUT2D eigenvalue weighted by molar-refractivity contribution is 6.30. The Bertz CT molecular complexity index is 780. The van der Waals surface area contributed by atoms with Crippen LogP contribution >= 0.6 is 11.6 Å². The third-order valence-corrected chi connectivity index (χ3v) is 3.64. The first-order valence-electron chi connectivity index (χ1n) is 8.21. The Balaban J connectivity index is 1.86. The smallest absolute Gasteiger partial charge is 0.276 e. The van der Waals surface area contributed by atoms with Gasteiger partial charge < -0.3 is 9.47 Å². The highest BCUT2D eigenvalue weighted by atomic mass is 35.5. The van der Waals surface area contributed by atoms with Crippen LogP contribution in [0.15, 0.2) is 42.5 Å². The zero-order chi connectivity index (χ0) is 18.9. The molecule has 2 aromatic carbocycles. The van der Waals surface area contributed by atoms with Crippen LogP contribution in [0.5, 0.6) is 11.5 Å². The zero-order valence-corrected chi connectivity index (χ0v) is 15.4. The quantitative estimate of drug-likeness (QED) is 0.727. The predicted octanol–water partition coefficient (Wildman–Crippen LogP) is 3.28. The number of rotatable bonds is 7. The van der Waals surface area contributed by atoms with Crippen LogP contribution in [0.25, 0.3) is 0 Å². The molecule has 0 saturated heterocycles. The summed E-state index contributed by atoms with van der Waals surface area (Å²) in [6, 6.07) is 11.9. The number of carbonyl (C=O) groups excluding carboxylic acids is 2. The van der Waals surface area contributed by atoms with Crippen LogP contribution in [0.3, 0.4) is 0 Å². The molecule has 0 aliphatic rings. The molecule has 6 nitrogen and oxygen atoms in total. The first-order valence-corrected chi connectivity index (χ1v) is 8.59. The number of para-hydroxylation sites is 1. The largest absolute Gasteiger partial charge is 0.493 e. The zero-order valence-electron chi connectivity index (χ0n) is 14.7. The number of halogens is 1. The molecule has 0 bridgehead atoms. The van der Waals surface area contributed by atoms with Crippen LogP contribution in [0.2, 0.25) is 5.02 Å². The van der Waals surface area contributed by atoms with E-state index in [0.717, 1.165) is 12.0 Å². The van der Waals surface area contributed by atoms with E-state index in [1.807, 2.05) is 13.8 Å². The number of aryl methyl sites for hydroxylation is 1. The first-order chi connectivity index (χ1) is 12.5. The summed E-state index contributed by atoms with van der Waals surface area (Å²) in [5.74, 6) is 0.0655. The van der Waals surface area contributed by atoms with Crippen molar-refractivity contribution in [2.24, 2.45) is 0 Å². The predicted molar refractivity (Wildman–Crippen MR) is 99.5 cm³/mol. The number of amides is 2. The van der Waals surface area contributed by atoms with E-state index in [9.17, 15) is 9.59 Å². The molecule has 0 fully saturated rings. The molecule has 138 valence electrons. The molecule has 0 heterocycles. The van der Waals surface area contributed by atoms with Crippen LogP contribution in [0.1, 0.15) is 29.3 Å². The molecule has 0 atom stereocenters. The number of hydrogen-bond donors (Lipinski definition) is 2. The normalized spacial score (nSPS) is 10.1. The highest BCUT2D eigenvalue weighted by Crippen LogP contribution is 2.21. The molecular formula is C19H21ClN2O4. The van der Waals surface area contributed by atoms with Gasteiger partial charge in [0.25, 0.3) is 11.8 Å². The topological polar surface area (TPSA) is 76.7 Å². The minimum atomic E-state index is -0.486. The van der Waals surface area contributed by atoms with Gasteiger partial charge in [-0.25, -0.2) is 0 Å². The molecule has 0 unspecified atom stereocenters. The van der Waals surface area contributed by atoms with Gasteiger partial charge in [-0.15, -0.1) is 0 Å². The third kappa shape index (κ3) is 5.67. The molecule has 0 aromatic heterocycles. The molecule has 0 radical (unpaired) electrons. The van der Waals surface area contributed by atoms with Crippen LogP contribution in [-0.2, 0) is 4.79 Å². The van der Waals surface area contributed by atoms with Crippen molar-refractivity contribution in [3.8, 4) is 11.5 Å².